The van der Waals surface area contributed by atoms with E-state index < -0.39 is 0 Å². The summed E-state index contributed by atoms with van der Waals surface area (Å²) >= 11 is 2.71. The van der Waals surface area contributed by atoms with Gasteiger partial charge in [-0.2, -0.15) is 5.26 Å². The molecule has 0 aliphatic rings. The molecule has 86 valence electrons. The molecule has 0 aliphatic carbocycles. The van der Waals surface area contributed by atoms with Gasteiger partial charge in [-0.3, -0.25) is 4.79 Å². The predicted molar refractivity (Wildman–Crippen MR) is 63.7 cm³/mol. The Kier molecular flexibility index (Phi) is 5.25. The van der Waals surface area contributed by atoms with E-state index in [1.165, 1.54) is 30.2 Å². The number of amides is 1. The summed E-state index contributed by atoms with van der Waals surface area (Å²) in [5.41, 5.74) is 0. The molecule has 1 aromatic rings. The highest BCUT2D eigenvalue weighted by Gasteiger charge is 2.12. The van der Waals surface area contributed by atoms with Crippen LogP contribution in [0.25, 0.3) is 0 Å². The minimum absolute atomic E-state index is 0.198. The number of anilines is 1. The maximum absolute atomic E-state index is 11.4. The zero-order chi connectivity index (χ0) is 12.0. The highest BCUT2D eigenvalue weighted by atomic mass is 32.2. The van der Waals surface area contributed by atoms with E-state index in [4.69, 9.17) is 10.00 Å². The molecule has 0 saturated heterocycles. The summed E-state index contributed by atoms with van der Waals surface area (Å²) in [6, 6.07) is 2.01. The molecule has 1 N–H and O–H groups in total. The van der Waals surface area contributed by atoms with Gasteiger partial charge in [-0.25, -0.2) is 4.98 Å². The number of methoxy groups -OCH3 is 1. The second kappa shape index (κ2) is 6.48. The van der Waals surface area contributed by atoms with Crippen molar-refractivity contribution in [2.24, 2.45) is 0 Å². The number of nitrogens with zero attached hydrogens (tertiary/aromatic N) is 2. The molecule has 0 spiro atoms. The van der Waals surface area contributed by atoms with Gasteiger partial charge in [-0.05, 0) is 6.26 Å². The Morgan fingerprint density at radius 1 is 1.75 bits per heavy atom. The number of ether oxygens (including phenoxy) is 1. The Morgan fingerprint density at radius 3 is 3.06 bits per heavy atom. The monoisotopic (exact) mass is 257 g/mol. The molecule has 1 heterocycles. The normalized spacial score (nSPS) is 9.81. The molecular formula is C9H11N3O2S2. The average Bonchev–Trinajstić information content (AvgIpc) is 2.68. The van der Waals surface area contributed by atoms with E-state index in [1.807, 2.05) is 12.3 Å². The van der Waals surface area contributed by atoms with Crippen LogP contribution in [0.3, 0.4) is 0 Å². The highest BCUT2D eigenvalue weighted by Crippen LogP contribution is 2.28. The van der Waals surface area contributed by atoms with Crippen molar-refractivity contribution in [2.45, 2.75) is 10.8 Å². The largest absolute Gasteiger partial charge is 0.384 e. The van der Waals surface area contributed by atoms with Gasteiger partial charge in [0, 0.05) is 7.11 Å². The summed E-state index contributed by atoms with van der Waals surface area (Å²) in [5, 5.41) is 11.4. The van der Waals surface area contributed by atoms with Crippen LogP contribution < -0.4 is 5.32 Å². The van der Waals surface area contributed by atoms with Crippen LogP contribution in [0, 0.1) is 11.3 Å². The molecule has 0 radical (unpaired) electrons. The van der Waals surface area contributed by atoms with E-state index in [0.29, 0.717) is 17.3 Å². The lowest BCUT2D eigenvalue weighted by atomic mass is 10.4. The van der Waals surface area contributed by atoms with Crippen molar-refractivity contribution < 1.29 is 9.53 Å². The Bertz CT molecular complexity index is 411. The third-order valence-electron chi connectivity index (χ3n) is 1.67. The minimum atomic E-state index is -0.198. The number of thioether (sulfide) groups is 1. The molecule has 1 aromatic heterocycles. The Labute approximate surface area is 102 Å². The van der Waals surface area contributed by atoms with Gasteiger partial charge in [0.2, 0.25) is 5.91 Å². The zero-order valence-electron chi connectivity index (χ0n) is 8.94. The van der Waals surface area contributed by atoms with Gasteiger partial charge in [0.05, 0.1) is 13.0 Å². The van der Waals surface area contributed by atoms with E-state index in [2.05, 4.69) is 10.3 Å². The van der Waals surface area contributed by atoms with Crippen LogP contribution in [0.1, 0.15) is 11.3 Å². The third kappa shape index (κ3) is 3.48. The summed E-state index contributed by atoms with van der Waals surface area (Å²) in [4.78, 5) is 16.0. The van der Waals surface area contributed by atoms with Crippen LogP contribution in [-0.2, 0) is 9.53 Å². The van der Waals surface area contributed by atoms with Crippen LogP contribution in [-0.4, -0.2) is 30.9 Å². The summed E-state index contributed by atoms with van der Waals surface area (Å²) in [6.07, 6.45) is 2.13. The van der Waals surface area contributed by atoms with Crippen LogP contribution >= 0.6 is 23.1 Å². The lowest BCUT2D eigenvalue weighted by Gasteiger charge is -2.01. The molecule has 16 heavy (non-hydrogen) atoms. The van der Waals surface area contributed by atoms with Crippen molar-refractivity contribution in [3.8, 4) is 6.07 Å². The molecule has 5 nitrogen and oxygen atoms in total. The van der Waals surface area contributed by atoms with Crippen LogP contribution in [0.15, 0.2) is 4.34 Å². The van der Waals surface area contributed by atoms with Crippen molar-refractivity contribution in [3.05, 3.63) is 4.88 Å². The first-order valence-corrected chi connectivity index (χ1v) is 6.49. The predicted octanol–water partition coefficient (Wildman–Crippen LogP) is 1.71. The fraction of sp³-hybridized carbons (Fsp3) is 0.444. The smallest absolute Gasteiger partial charge is 0.227 e. The molecule has 1 rings (SSSR count). The van der Waals surface area contributed by atoms with E-state index in [9.17, 15) is 4.79 Å². The standard InChI is InChI=1S/C9H11N3O2S2/c1-14-4-3-7(13)11-8-6(5-10)16-9(12-8)15-2/h3-4H2,1-2H3,(H,11,13). The molecule has 0 fully saturated rings. The van der Waals surface area contributed by atoms with E-state index in [1.54, 1.807) is 0 Å². The maximum Gasteiger partial charge on any atom is 0.227 e. The summed E-state index contributed by atoms with van der Waals surface area (Å²) in [7, 11) is 1.53. The van der Waals surface area contributed by atoms with Gasteiger partial charge in [-0.1, -0.05) is 23.1 Å². The summed E-state index contributed by atoms with van der Waals surface area (Å²) in [6.45, 7) is 0.354. The number of carbonyl (C=O) groups excluding carboxylic acids is 1. The molecule has 7 heteroatoms. The molecule has 0 atom stereocenters. The van der Waals surface area contributed by atoms with Gasteiger partial charge >= 0.3 is 0 Å². The lowest BCUT2D eigenvalue weighted by molar-refractivity contribution is -0.117. The van der Waals surface area contributed by atoms with Crippen molar-refractivity contribution in [1.29, 1.82) is 5.26 Å². The number of thiazole rings is 1. The van der Waals surface area contributed by atoms with Gasteiger partial charge in [0.15, 0.2) is 10.2 Å². The second-order valence-electron chi connectivity index (χ2n) is 2.76. The van der Waals surface area contributed by atoms with E-state index in [-0.39, 0.29) is 12.3 Å². The van der Waals surface area contributed by atoms with Crippen LogP contribution in [0.4, 0.5) is 5.82 Å². The van der Waals surface area contributed by atoms with Crippen molar-refractivity contribution in [2.75, 3.05) is 25.3 Å². The Hall–Kier alpha value is -1.10. The quantitative estimate of drug-likeness (QED) is 0.813. The van der Waals surface area contributed by atoms with E-state index >= 15 is 0 Å². The van der Waals surface area contributed by atoms with Crippen molar-refractivity contribution >= 4 is 34.8 Å². The lowest BCUT2D eigenvalue weighted by Crippen LogP contribution is -2.14. The fourth-order valence-electron chi connectivity index (χ4n) is 0.938. The highest BCUT2D eigenvalue weighted by molar-refractivity contribution is 8.00. The van der Waals surface area contributed by atoms with Crippen molar-refractivity contribution in [1.82, 2.24) is 4.98 Å². The Morgan fingerprint density at radius 2 is 2.50 bits per heavy atom. The third-order valence-corrected chi connectivity index (χ3v) is 3.62. The number of carbonyl (C=O) groups is 1. The topological polar surface area (TPSA) is 75.0 Å². The molecule has 0 aliphatic heterocycles. The zero-order valence-corrected chi connectivity index (χ0v) is 10.6. The summed E-state index contributed by atoms with van der Waals surface area (Å²) < 4.78 is 5.55. The Balaban J connectivity index is 2.69. The maximum atomic E-state index is 11.4. The second-order valence-corrected chi connectivity index (χ2v) is 4.82. The van der Waals surface area contributed by atoms with Crippen LogP contribution in [0.2, 0.25) is 0 Å². The average molecular weight is 257 g/mol. The minimum Gasteiger partial charge on any atom is -0.384 e. The van der Waals surface area contributed by atoms with E-state index in [0.717, 1.165) is 4.34 Å². The molecule has 0 bridgehead atoms. The number of hydrogen-bond donors (Lipinski definition) is 1. The first kappa shape index (κ1) is 13.0. The first-order chi connectivity index (χ1) is 7.71. The number of aromatic nitrogens is 1. The van der Waals surface area contributed by atoms with Gasteiger partial charge in [0.25, 0.3) is 0 Å². The molecule has 0 aromatic carbocycles. The SMILES string of the molecule is COCCC(=O)Nc1nc(SC)sc1C#N. The first-order valence-electron chi connectivity index (χ1n) is 4.45. The van der Waals surface area contributed by atoms with Crippen molar-refractivity contribution in [3.63, 3.8) is 0 Å². The fourth-order valence-corrected chi connectivity index (χ4v) is 2.25. The van der Waals surface area contributed by atoms with Gasteiger partial charge < -0.3 is 10.1 Å². The van der Waals surface area contributed by atoms with Crippen LogP contribution in [0.5, 0.6) is 0 Å². The number of nitriles is 1. The molecule has 0 unspecified atom stereocenters. The molecular weight excluding hydrogens is 246 g/mol. The number of rotatable bonds is 5. The number of nitrogens with one attached hydrogen (secondary N) is 1. The number of hydrogen-bond acceptors (Lipinski definition) is 6. The van der Waals surface area contributed by atoms with Gasteiger partial charge in [0.1, 0.15) is 10.9 Å². The molecule has 0 saturated carbocycles. The van der Waals surface area contributed by atoms with Gasteiger partial charge in [-0.15, -0.1) is 0 Å². The molecule has 1 amide bonds. The summed E-state index contributed by atoms with van der Waals surface area (Å²) in [5.74, 6) is 0.147.